The van der Waals surface area contributed by atoms with Crippen molar-refractivity contribution in [2.45, 2.75) is 45.3 Å². The number of carbonyl (C=O) groups excluding carboxylic acids is 2. The van der Waals surface area contributed by atoms with Crippen LogP contribution in [0.15, 0.2) is 42.7 Å². The van der Waals surface area contributed by atoms with Crippen LogP contribution in [-0.4, -0.2) is 38.2 Å². The van der Waals surface area contributed by atoms with Gasteiger partial charge in [-0.05, 0) is 50.1 Å². The van der Waals surface area contributed by atoms with Crippen LogP contribution in [0.2, 0.25) is 5.02 Å². The van der Waals surface area contributed by atoms with Crippen LogP contribution in [0, 0.1) is 5.41 Å². The quantitative estimate of drug-likeness (QED) is 0.467. The van der Waals surface area contributed by atoms with Gasteiger partial charge in [-0.2, -0.15) is 5.10 Å². The van der Waals surface area contributed by atoms with Crippen molar-refractivity contribution in [3.8, 4) is 0 Å². The lowest BCUT2D eigenvalue weighted by atomic mass is 9.76. The van der Waals surface area contributed by atoms with E-state index in [0.717, 1.165) is 6.42 Å². The summed E-state index contributed by atoms with van der Waals surface area (Å²) in [7, 11) is 0. The number of aromatic nitrogens is 2. The molecule has 4 rings (SSSR count). The molecular formula is C23H26ClN5O3. The van der Waals surface area contributed by atoms with Crippen molar-refractivity contribution in [2.24, 2.45) is 11.1 Å². The number of fused-ring (bicyclic) bond motifs is 1. The number of primary amides is 1. The molecule has 2 aromatic heterocycles. The van der Waals surface area contributed by atoms with E-state index in [0.29, 0.717) is 33.9 Å². The second kappa shape index (κ2) is 7.79. The molecular weight excluding hydrogens is 430 g/mol. The summed E-state index contributed by atoms with van der Waals surface area (Å²) >= 11 is 5.89. The largest absolute Gasteiger partial charge is 0.390 e. The summed E-state index contributed by atoms with van der Waals surface area (Å²) in [5, 5.41) is 21.9. The molecule has 0 aliphatic heterocycles. The van der Waals surface area contributed by atoms with E-state index in [-0.39, 0.29) is 17.5 Å². The highest BCUT2D eigenvalue weighted by atomic mass is 35.5. The zero-order chi connectivity index (χ0) is 23.3. The van der Waals surface area contributed by atoms with Gasteiger partial charge in [0.2, 0.25) is 0 Å². The van der Waals surface area contributed by atoms with Crippen LogP contribution in [0.25, 0.3) is 5.52 Å². The molecule has 1 aliphatic rings. The van der Waals surface area contributed by atoms with Crippen molar-refractivity contribution in [1.82, 2.24) is 9.61 Å². The van der Waals surface area contributed by atoms with E-state index >= 15 is 0 Å². The van der Waals surface area contributed by atoms with Gasteiger partial charge in [0.25, 0.3) is 11.8 Å². The molecule has 32 heavy (non-hydrogen) atoms. The van der Waals surface area contributed by atoms with Crippen LogP contribution in [0.4, 0.5) is 11.4 Å². The first-order valence-corrected chi connectivity index (χ1v) is 10.7. The van der Waals surface area contributed by atoms with E-state index in [4.69, 9.17) is 17.3 Å². The van der Waals surface area contributed by atoms with Crippen LogP contribution in [-0.2, 0) is 0 Å². The van der Waals surface area contributed by atoms with E-state index in [2.05, 4.69) is 15.7 Å². The number of benzene rings is 1. The number of anilines is 2. The van der Waals surface area contributed by atoms with Crippen LogP contribution in [0.1, 0.15) is 54.3 Å². The number of nitrogens with two attached hydrogens (primary N) is 1. The molecule has 2 amide bonds. The van der Waals surface area contributed by atoms with E-state index < -0.39 is 16.9 Å². The van der Waals surface area contributed by atoms with Crippen molar-refractivity contribution >= 4 is 40.3 Å². The maximum Gasteiger partial charge on any atom is 0.255 e. The second-order valence-electron chi connectivity index (χ2n) is 9.05. The zero-order valence-corrected chi connectivity index (χ0v) is 18.9. The molecule has 2 atom stereocenters. The minimum absolute atomic E-state index is 0.0937. The molecule has 1 saturated carbocycles. The first kappa shape index (κ1) is 22.1. The molecule has 2 heterocycles. The van der Waals surface area contributed by atoms with Gasteiger partial charge in [0, 0.05) is 22.0 Å². The summed E-state index contributed by atoms with van der Waals surface area (Å²) in [6.45, 7) is 5.82. The first-order valence-electron chi connectivity index (χ1n) is 10.4. The third-order valence-corrected chi connectivity index (χ3v) is 7.02. The van der Waals surface area contributed by atoms with Crippen molar-refractivity contribution in [3.05, 3.63) is 58.9 Å². The monoisotopic (exact) mass is 455 g/mol. The van der Waals surface area contributed by atoms with Crippen molar-refractivity contribution in [3.63, 3.8) is 0 Å². The zero-order valence-electron chi connectivity index (χ0n) is 18.1. The molecule has 0 unspecified atom stereocenters. The molecule has 1 aromatic carbocycles. The molecule has 1 fully saturated rings. The van der Waals surface area contributed by atoms with Crippen LogP contribution in [0.5, 0.6) is 0 Å². The Morgan fingerprint density at radius 3 is 2.53 bits per heavy atom. The Kier molecular flexibility index (Phi) is 5.38. The number of aliphatic hydroxyl groups is 1. The SMILES string of the molecule is CC1(C)[C@H](Nc2c(C(N)=O)cnn3cc(NC(=O)c4ccc(Cl)cc4)cc23)CC[C@@]1(C)O. The van der Waals surface area contributed by atoms with E-state index in [1.165, 1.54) is 6.20 Å². The third kappa shape index (κ3) is 3.80. The van der Waals surface area contributed by atoms with Gasteiger partial charge in [-0.15, -0.1) is 0 Å². The Bertz CT molecular complexity index is 1200. The Labute approximate surface area is 190 Å². The number of rotatable bonds is 5. The van der Waals surface area contributed by atoms with Gasteiger partial charge >= 0.3 is 0 Å². The summed E-state index contributed by atoms with van der Waals surface area (Å²) in [5.41, 5.74) is 6.66. The summed E-state index contributed by atoms with van der Waals surface area (Å²) in [4.78, 5) is 24.7. The molecule has 5 N–H and O–H groups in total. The predicted molar refractivity (Wildman–Crippen MR) is 124 cm³/mol. The van der Waals surface area contributed by atoms with E-state index in [1.54, 1.807) is 41.0 Å². The van der Waals surface area contributed by atoms with Crippen molar-refractivity contribution in [1.29, 1.82) is 0 Å². The Morgan fingerprint density at radius 2 is 1.94 bits per heavy atom. The first-order chi connectivity index (χ1) is 15.0. The molecule has 168 valence electrons. The average molecular weight is 456 g/mol. The second-order valence-corrected chi connectivity index (χ2v) is 9.48. The fraction of sp³-hybridized carbons (Fsp3) is 0.348. The third-order valence-electron chi connectivity index (χ3n) is 6.76. The number of halogens is 1. The summed E-state index contributed by atoms with van der Waals surface area (Å²) < 4.78 is 1.58. The lowest BCUT2D eigenvalue weighted by Crippen LogP contribution is -2.45. The summed E-state index contributed by atoms with van der Waals surface area (Å²) in [6.07, 6.45) is 4.43. The summed E-state index contributed by atoms with van der Waals surface area (Å²) in [5.74, 6) is -0.909. The molecule has 0 bridgehead atoms. The van der Waals surface area contributed by atoms with E-state index in [9.17, 15) is 14.7 Å². The molecule has 8 nitrogen and oxygen atoms in total. The number of hydrogen-bond acceptors (Lipinski definition) is 5. The van der Waals surface area contributed by atoms with Gasteiger partial charge in [0.15, 0.2) is 0 Å². The van der Waals surface area contributed by atoms with Gasteiger partial charge in [-0.1, -0.05) is 25.4 Å². The minimum Gasteiger partial charge on any atom is -0.390 e. The molecule has 0 spiro atoms. The molecule has 0 saturated heterocycles. The fourth-order valence-electron chi connectivity index (χ4n) is 4.18. The van der Waals surface area contributed by atoms with Crippen molar-refractivity contribution in [2.75, 3.05) is 10.6 Å². The molecule has 1 aliphatic carbocycles. The lowest BCUT2D eigenvalue weighted by Gasteiger charge is -2.38. The topological polar surface area (TPSA) is 122 Å². The number of carbonyl (C=O) groups is 2. The number of amides is 2. The van der Waals surface area contributed by atoms with Gasteiger partial charge < -0.3 is 21.5 Å². The maximum atomic E-state index is 12.6. The molecule has 9 heteroatoms. The maximum absolute atomic E-state index is 12.6. The van der Waals surface area contributed by atoms with Gasteiger partial charge in [0.05, 0.1) is 40.4 Å². The smallest absolute Gasteiger partial charge is 0.255 e. The number of nitrogens with zero attached hydrogens (tertiary/aromatic N) is 2. The van der Waals surface area contributed by atoms with Gasteiger partial charge in [-0.3, -0.25) is 9.59 Å². The number of hydrogen-bond donors (Lipinski definition) is 4. The fourth-order valence-corrected chi connectivity index (χ4v) is 4.30. The Balaban J connectivity index is 1.69. The van der Waals surface area contributed by atoms with Gasteiger partial charge in [-0.25, -0.2) is 4.52 Å². The standard InChI is InChI=1S/C23H26ClN5O3/c1-22(2)18(8-9-23(22,3)32)28-19-16(20(25)30)11-26-29-12-15(10-17(19)29)27-21(31)13-4-6-14(24)7-5-13/h4-7,10-12,18,28,32H,8-9H2,1-3H3,(H2,25,30)(H,27,31)/t18-,23-/m1/s1. The highest BCUT2D eigenvalue weighted by Gasteiger charge is 2.50. The van der Waals surface area contributed by atoms with E-state index in [1.807, 2.05) is 20.8 Å². The average Bonchev–Trinajstić information content (AvgIpc) is 3.21. The highest BCUT2D eigenvalue weighted by Crippen LogP contribution is 2.47. The molecule has 0 radical (unpaired) electrons. The summed E-state index contributed by atoms with van der Waals surface area (Å²) in [6, 6.07) is 8.20. The van der Waals surface area contributed by atoms with Gasteiger partial charge in [0.1, 0.15) is 0 Å². The van der Waals surface area contributed by atoms with Crippen LogP contribution < -0.4 is 16.4 Å². The van der Waals surface area contributed by atoms with Crippen molar-refractivity contribution < 1.29 is 14.7 Å². The highest BCUT2D eigenvalue weighted by molar-refractivity contribution is 6.30. The lowest BCUT2D eigenvalue weighted by molar-refractivity contribution is -0.0283. The van der Waals surface area contributed by atoms with Crippen LogP contribution in [0.3, 0.4) is 0 Å². The minimum atomic E-state index is -0.847. The predicted octanol–water partition coefficient (Wildman–Crippen LogP) is 3.69. The Morgan fingerprint density at radius 1 is 1.25 bits per heavy atom. The Hall–Kier alpha value is -3.10. The normalized spacial score (nSPS) is 22.1. The number of nitrogens with one attached hydrogen (secondary N) is 2. The molecule has 3 aromatic rings. The van der Waals surface area contributed by atoms with Crippen LogP contribution >= 0.6 is 11.6 Å².